The van der Waals surface area contributed by atoms with Gasteiger partial charge in [0.25, 0.3) is 0 Å². The number of hydrogen-bond donors (Lipinski definition) is 1. The van der Waals surface area contributed by atoms with Crippen LogP contribution in [0.1, 0.15) is 24.8 Å². The molecule has 0 radical (unpaired) electrons. The van der Waals surface area contributed by atoms with Gasteiger partial charge in [-0.05, 0) is 24.6 Å². The summed E-state index contributed by atoms with van der Waals surface area (Å²) < 4.78 is 20.9. The molecule has 0 bridgehead atoms. The molecule has 31 heavy (non-hydrogen) atoms. The maximum Gasteiger partial charge on any atom is 0.317 e. The van der Waals surface area contributed by atoms with Crippen LogP contribution >= 0.6 is 0 Å². The Morgan fingerprint density at radius 2 is 1.68 bits per heavy atom. The number of benzene rings is 1. The Hall–Kier alpha value is -3.13. The van der Waals surface area contributed by atoms with Crippen molar-refractivity contribution < 1.29 is 38.4 Å². The molecule has 4 atom stereocenters. The predicted octanol–water partition coefficient (Wildman–Crippen LogP) is 2.20. The average molecular weight is 432 g/mol. The normalized spacial score (nSPS) is 25.3. The van der Waals surface area contributed by atoms with Crippen LogP contribution in [0.2, 0.25) is 0 Å². The third-order valence-corrected chi connectivity index (χ3v) is 5.25. The van der Waals surface area contributed by atoms with Crippen LogP contribution in [-0.2, 0) is 23.9 Å². The van der Waals surface area contributed by atoms with E-state index in [1.54, 1.807) is 18.2 Å². The molecule has 8 nitrogen and oxygen atoms in total. The van der Waals surface area contributed by atoms with E-state index in [0.717, 1.165) is 0 Å². The molecule has 4 unspecified atom stereocenters. The lowest BCUT2D eigenvalue weighted by atomic mass is 9.61. The van der Waals surface area contributed by atoms with Crippen LogP contribution in [0, 0.1) is 11.8 Å². The molecule has 1 aliphatic rings. The van der Waals surface area contributed by atoms with Gasteiger partial charge in [-0.1, -0.05) is 31.4 Å². The quantitative estimate of drug-likeness (QED) is 0.359. The zero-order valence-corrected chi connectivity index (χ0v) is 18.0. The van der Waals surface area contributed by atoms with Gasteiger partial charge in [0, 0.05) is 12.3 Å². The first kappa shape index (κ1) is 24.1. The lowest BCUT2D eigenvalue weighted by Gasteiger charge is -2.43. The highest BCUT2D eigenvalue weighted by atomic mass is 16.5. The van der Waals surface area contributed by atoms with Gasteiger partial charge < -0.3 is 24.1 Å². The molecule has 1 fully saturated rings. The molecule has 2 rings (SSSR count). The van der Waals surface area contributed by atoms with E-state index in [9.17, 15) is 19.5 Å². The molecular formula is C23H28O8. The molecule has 8 heteroatoms. The summed E-state index contributed by atoms with van der Waals surface area (Å²) in [4.78, 5) is 38.7. The van der Waals surface area contributed by atoms with Crippen LogP contribution in [0.3, 0.4) is 0 Å². The van der Waals surface area contributed by atoms with Gasteiger partial charge in [0.1, 0.15) is 19.1 Å². The first-order chi connectivity index (χ1) is 14.7. The monoisotopic (exact) mass is 432 g/mol. The van der Waals surface area contributed by atoms with Crippen molar-refractivity contribution in [3.05, 3.63) is 49.1 Å². The number of esters is 2. The van der Waals surface area contributed by atoms with Crippen molar-refractivity contribution in [2.45, 2.75) is 24.9 Å². The van der Waals surface area contributed by atoms with E-state index < -0.39 is 47.5 Å². The molecule has 0 aromatic heterocycles. The fourth-order valence-electron chi connectivity index (χ4n) is 3.94. The van der Waals surface area contributed by atoms with Crippen molar-refractivity contribution in [1.29, 1.82) is 0 Å². The van der Waals surface area contributed by atoms with E-state index in [1.807, 2.05) is 0 Å². The van der Waals surface area contributed by atoms with Crippen molar-refractivity contribution in [2.75, 3.05) is 27.4 Å². The molecule has 1 aliphatic carbocycles. The molecule has 1 saturated carbocycles. The summed E-state index contributed by atoms with van der Waals surface area (Å²) in [6.07, 6.45) is 2.36. The van der Waals surface area contributed by atoms with Gasteiger partial charge in [-0.25, -0.2) is 0 Å². The van der Waals surface area contributed by atoms with Gasteiger partial charge in [0.2, 0.25) is 0 Å². The summed E-state index contributed by atoms with van der Waals surface area (Å²) in [5, 5.41) is 11.0. The first-order valence-corrected chi connectivity index (χ1v) is 9.73. The molecule has 0 aliphatic heterocycles. The number of carbonyl (C=O) groups excluding carboxylic acids is 3. The minimum absolute atomic E-state index is 0.0798. The van der Waals surface area contributed by atoms with Crippen molar-refractivity contribution >= 4 is 17.7 Å². The minimum Gasteiger partial charge on any atom is -0.493 e. The van der Waals surface area contributed by atoms with Gasteiger partial charge in [-0.3, -0.25) is 14.4 Å². The summed E-state index contributed by atoms with van der Waals surface area (Å²) in [5.41, 5.74) is -1.32. The standard InChI is InChI=1S/C23H28O8/c1-6-10-30-21(25)19-15(24)13-23(3,27)20(22(26)31-11-7-2)18(19)14-8-9-16(28-4)17(12-14)29-5/h6-9,12,18-20,27H,1-2,10-11,13H2,3-5H3. The third-order valence-electron chi connectivity index (χ3n) is 5.25. The zero-order valence-electron chi connectivity index (χ0n) is 18.0. The summed E-state index contributed by atoms with van der Waals surface area (Å²) in [5.74, 6) is -4.91. The summed E-state index contributed by atoms with van der Waals surface area (Å²) >= 11 is 0. The number of methoxy groups -OCH3 is 2. The molecule has 1 aromatic rings. The van der Waals surface area contributed by atoms with Gasteiger partial charge >= 0.3 is 11.9 Å². The van der Waals surface area contributed by atoms with Gasteiger partial charge in [0.15, 0.2) is 17.3 Å². The van der Waals surface area contributed by atoms with E-state index in [2.05, 4.69) is 13.2 Å². The van der Waals surface area contributed by atoms with E-state index >= 15 is 0 Å². The Bertz CT molecular complexity index is 857. The molecule has 168 valence electrons. The Kier molecular flexibility index (Phi) is 7.99. The SMILES string of the molecule is C=CCOC(=O)C1C(=O)CC(C)(O)C(C(=O)OCC=C)C1c1ccc(OC)c(OC)c1. The molecule has 0 amide bonds. The number of Topliss-reactive ketones (excluding diaryl/α,β-unsaturated/α-hetero) is 1. The summed E-state index contributed by atoms with van der Waals surface area (Å²) in [6.45, 7) is 8.22. The predicted molar refractivity (Wildman–Crippen MR) is 112 cm³/mol. The van der Waals surface area contributed by atoms with Crippen LogP contribution in [-0.4, -0.2) is 55.9 Å². The highest BCUT2D eigenvalue weighted by molar-refractivity contribution is 6.02. The number of aliphatic hydroxyl groups is 1. The average Bonchev–Trinajstić information content (AvgIpc) is 2.74. The van der Waals surface area contributed by atoms with E-state index in [1.165, 1.54) is 33.3 Å². The van der Waals surface area contributed by atoms with Crippen LogP contribution < -0.4 is 9.47 Å². The highest BCUT2D eigenvalue weighted by Gasteiger charge is 2.57. The second kappa shape index (κ2) is 10.3. The highest BCUT2D eigenvalue weighted by Crippen LogP contribution is 2.48. The largest absolute Gasteiger partial charge is 0.493 e. The van der Waals surface area contributed by atoms with Crippen LogP contribution in [0.25, 0.3) is 0 Å². The molecule has 1 N–H and O–H groups in total. The van der Waals surface area contributed by atoms with Crippen LogP contribution in [0.5, 0.6) is 11.5 Å². The van der Waals surface area contributed by atoms with Gasteiger partial charge in [-0.15, -0.1) is 0 Å². The molecular weight excluding hydrogens is 404 g/mol. The van der Waals surface area contributed by atoms with Gasteiger partial charge in [-0.2, -0.15) is 0 Å². The Morgan fingerprint density at radius 1 is 1.10 bits per heavy atom. The van der Waals surface area contributed by atoms with E-state index in [0.29, 0.717) is 17.1 Å². The number of rotatable bonds is 9. The number of ketones is 1. The maximum absolute atomic E-state index is 13.0. The van der Waals surface area contributed by atoms with Gasteiger partial charge in [0.05, 0.1) is 25.7 Å². The number of carbonyl (C=O) groups is 3. The lowest BCUT2D eigenvalue weighted by molar-refractivity contribution is -0.172. The van der Waals surface area contributed by atoms with Crippen molar-refractivity contribution in [3.63, 3.8) is 0 Å². The van der Waals surface area contributed by atoms with Crippen molar-refractivity contribution in [3.8, 4) is 11.5 Å². The van der Waals surface area contributed by atoms with Crippen molar-refractivity contribution in [1.82, 2.24) is 0 Å². The molecule has 0 saturated heterocycles. The fraction of sp³-hybridized carbons (Fsp3) is 0.435. The molecule has 0 spiro atoms. The first-order valence-electron chi connectivity index (χ1n) is 9.73. The number of hydrogen-bond acceptors (Lipinski definition) is 8. The second-order valence-electron chi connectivity index (χ2n) is 7.43. The third kappa shape index (κ3) is 5.14. The summed E-state index contributed by atoms with van der Waals surface area (Å²) in [7, 11) is 2.91. The maximum atomic E-state index is 13.0. The number of ether oxygens (including phenoxy) is 4. The zero-order chi connectivity index (χ0) is 23.2. The van der Waals surface area contributed by atoms with E-state index in [-0.39, 0.29) is 13.2 Å². The van der Waals surface area contributed by atoms with Crippen LogP contribution in [0.15, 0.2) is 43.5 Å². The minimum atomic E-state index is -1.75. The second-order valence-corrected chi connectivity index (χ2v) is 7.43. The van der Waals surface area contributed by atoms with Crippen LogP contribution in [0.4, 0.5) is 0 Å². The molecule has 1 aromatic carbocycles. The van der Waals surface area contributed by atoms with E-state index in [4.69, 9.17) is 18.9 Å². The lowest BCUT2D eigenvalue weighted by Crippen LogP contribution is -2.55. The van der Waals surface area contributed by atoms with Crippen molar-refractivity contribution in [2.24, 2.45) is 11.8 Å². The smallest absolute Gasteiger partial charge is 0.317 e. The fourth-order valence-corrected chi connectivity index (χ4v) is 3.94. The summed E-state index contributed by atoms with van der Waals surface area (Å²) in [6, 6.07) is 4.78. The Labute approximate surface area is 181 Å². The molecule has 0 heterocycles. The Morgan fingerprint density at radius 3 is 2.23 bits per heavy atom. The topological polar surface area (TPSA) is 108 Å². The Balaban J connectivity index is 2.65.